The van der Waals surface area contributed by atoms with Crippen molar-refractivity contribution in [1.82, 2.24) is 0 Å². The molecule has 1 aliphatic rings. The van der Waals surface area contributed by atoms with Crippen LogP contribution in [0.4, 0.5) is 5.69 Å². The summed E-state index contributed by atoms with van der Waals surface area (Å²) in [7, 11) is 1.53. The molecule has 25 heavy (non-hydrogen) atoms. The van der Waals surface area contributed by atoms with Gasteiger partial charge in [0.2, 0.25) is 5.91 Å². The number of fused-ring (bicyclic) bond motifs is 1. The summed E-state index contributed by atoms with van der Waals surface area (Å²) < 4.78 is 16.2. The average Bonchev–Trinajstić information content (AvgIpc) is 3.04. The highest BCUT2D eigenvalue weighted by Gasteiger charge is 2.25. The van der Waals surface area contributed by atoms with Crippen LogP contribution in [0.1, 0.15) is 9.75 Å². The Hall–Kier alpha value is -2.09. The van der Waals surface area contributed by atoms with Crippen molar-refractivity contribution in [1.29, 1.82) is 0 Å². The van der Waals surface area contributed by atoms with Crippen LogP contribution in [0.5, 0.6) is 11.5 Å². The van der Waals surface area contributed by atoms with Gasteiger partial charge < -0.3 is 24.8 Å². The molecule has 1 unspecified atom stereocenters. The lowest BCUT2D eigenvalue weighted by Crippen LogP contribution is -2.46. The van der Waals surface area contributed by atoms with E-state index in [0.29, 0.717) is 31.3 Å². The highest BCUT2D eigenvalue weighted by atomic mass is 32.1. The number of rotatable bonds is 6. The first-order valence-corrected chi connectivity index (χ1v) is 8.91. The number of thiophene rings is 1. The minimum Gasteiger partial charge on any atom is -0.486 e. The van der Waals surface area contributed by atoms with E-state index >= 15 is 0 Å². The molecule has 0 saturated carbocycles. The fourth-order valence-electron chi connectivity index (χ4n) is 2.67. The molecule has 1 aromatic heterocycles. The molecule has 1 aliphatic heterocycles. The third-order valence-electron chi connectivity index (χ3n) is 3.88. The lowest BCUT2D eigenvalue weighted by Gasteiger charge is -2.27. The summed E-state index contributed by atoms with van der Waals surface area (Å²) in [5, 5.41) is 0. The average molecular weight is 362 g/mol. The largest absolute Gasteiger partial charge is 0.486 e. The minimum atomic E-state index is -0.723. The molecular weight excluding hydrogens is 340 g/mol. The number of nitrogens with two attached hydrogens (primary N) is 1. The van der Waals surface area contributed by atoms with Gasteiger partial charge in [-0.3, -0.25) is 4.79 Å². The Kier molecular flexibility index (Phi) is 5.57. The molecule has 0 saturated heterocycles. The van der Waals surface area contributed by atoms with E-state index in [1.165, 1.54) is 12.0 Å². The zero-order chi connectivity index (χ0) is 17.8. The van der Waals surface area contributed by atoms with Crippen LogP contribution in [0.2, 0.25) is 0 Å². The van der Waals surface area contributed by atoms with E-state index in [1.807, 2.05) is 37.3 Å². The number of carbonyl (C=O) groups excluding carboxylic acids is 1. The quantitative estimate of drug-likeness (QED) is 0.854. The Bertz CT molecular complexity index is 746. The highest BCUT2D eigenvalue weighted by Crippen LogP contribution is 2.35. The van der Waals surface area contributed by atoms with Crippen molar-refractivity contribution in [3.8, 4) is 11.5 Å². The van der Waals surface area contributed by atoms with Crippen molar-refractivity contribution in [2.45, 2.75) is 19.5 Å². The van der Waals surface area contributed by atoms with Crippen LogP contribution in [-0.2, 0) is 16.1 Å². The van der Waals surface area contributed by atoms with Crippen molar-refractivity contribution in [3.63, 3.8) is 0 Å². The summed E-state index contributed by atoms with van der Waals surface area (Å²) in [6.07, 6.45) is 0. The number of benzene rings is 1. The summed E-state index contributed by atoms with van der Waals surface area (Å²) in [6, 6.07) is 8.85. The minimum absolute atomic E-state index is 0.170. The standard InChI is InChI=1S/C18H22N2O4S/c1-12-3-5-14(25-12)10-20(18(21)15(19)11-22-2)13-4-6-16-17(9-13)24-8-7-23-16/h3-6,9,15H,7-8,10-11,19H2,1-2H3. The number of nitrogens with zero attached hydrogens (tertiary/aromatic N) is 1. The van der Waals surface area contributed by atoms with Gasteiger partial charge >= 0.3 is 0 Å². The molecule has 0 fully saturated rings. The molecule has 0 bridgehead atoms. The zero-order valence-corrected chi connectivity index (χ0v) is 15.2. The predicted octanol–water partition coefficient (Wildman–Crippen LogP) is 2.33. The molecule has 0 spiro atoms. The van der Waals surface area contributed by atoms with Crippen LogP contribution < -0.4 is 20.1 Å². The molecule has 2 heterocycles. The zero-order valence-electron chi connectivity index (χ0n) is 14.4. The van der Waals surface area contributed by atoms with Gasteiger partial charge in [0.05, 0.1) is 13.2 Å². The predicted molar refractivity (Wildman–Crippen MR) is 97.5 cm³/mol. The van der Waals surface area contributed by atoms with Crippen molar-refractivity contribution in [2.75, 3.05) is 31.8 Å². The van der Waals surface area contributed by atoms with Gasteiger partial charge in [-0.25, -0.2) is 0 Å². The normalized spacial score (nSPS) is 14.2. The summed E-state index contributed by atoms with van der Waals surface area (Å²) in [5.41, 5.74) is 6.72. The molecule has 1 aromatic carbocycles. The van der Waals surface area contributed by atoms with Gasteiger partial charge in [0.1, 0.15) is 19.3 Å². The van der Waals surface area contributed by atoms with E-state index < -0.39 is 6.04 Å². The molecule has 0 aliphatic carbocycles. The molecule has 7 heteroatoms. The van der Waals surface area contributed by atoms with Crippen LogP contribution in [0, 0.1) is 6.92 Å². The van der Waals surface area contributed by atoms with Gasteiger partial charge in [0.25, 0.3) is 0 Å². The van der Waals surface area contributed by atoms with Gasteiger partial charge in [0.15, 0.2) is 11.5 Å². The topological polar surface area (TPSA) is 74.0 Å². The third-order valence-corrected chi connectivity index (χ3v) is 4.86. The monoisotopic (exact) mass is 362 g/mol. The van der Waals surface area contributed by atoms with E-state index in [1.54, 1.807) is 16.2 Å². The van der Waals surface area contributed by atoms with E-state index in [-0.39, 0.29) is 12.5 Å². The Morgan fingerprint density at radius 3 is 2.72 bits per heavy atom. The van der Waals surface area contributed by atoms with Gasteiger partial charge in [-0.15, -0.1) is 11.3 Å². The maximum absolute atomic E-state index is 12.9. The highest BCUT2D eigenvalue weighted by molar-refractivity contribution is 7.11. The molecule has 3 rings (SSSR count). The molecular formula is C18H22N2O4S. The fourth-order valence-corrected chi connectivity index (χ4v) is 3.55. The number of ether oxygens (including phenoxy) is 3. The van der Waals surface area contributed by atoms with E-state index in [2.05, 4.69) is 0 Å². The smallest absolute Gasteiger partial charge is 0.246 e. The Morgan fingerprint density at radius 2 is 2.04 bits per heavy atom. The Labute approximate surface area is 151 Å². The van der Waals surface area contributed by atoms with Crippen LogP contribution in [0.3, 0.4) is 0 Å². The molecule has 0 radical (unpaired) electrons. The van der Waals surface area contributed by atoms with Crippen molar-refractivity contribution in [2.24, 2.45) is 5.73 Å². The van der Waals surface area contributed by atoms with E-state index in [9.17, 15) is 4.79 Å². The van der Waals surface area contributed by atoms with E-state index in [4.69, 9.17) is 19.9 Å². The van der Waals surface area contributed by atoms with Crippen molar-refractivity contribution in [3.05, 3.63) is 40.1 Å². The summed E-state index contributed by atoms with van der Waals surface area (Å²) in [6.45, 7) is 3.69. The SMILES string of the molecule is COCC(N)C(=O)N(Cc1ccc(C)s1)c1ccc2c(c1)OCCO2. The van der Waals surface area contributed by atoms with Gasteiger partial charge in [-0.1, -0.05) is 0 Å². The second kappa shape index (κ2) is 7.86. The summed E-state index contributed by atoms with van der Waals surface area (Å²) in [4.78, 5) is 16.8. The number of hydrogen-bond acceptors (Lipinski definition) is 6. The number of aryl methyl sites for hydroxylation is 1. The van der Waals surface area contributed by atoms with Gasteiger partial charge in [-0.2, -0.15) is 0 Å². The molecule has 1 atom stereocenters. The second-order valence-corrected chi connectivity index (χ2v) is 7.20. The molecule has 134 valence electrons. The Balaban J connectivity index is 1.90. The molecule has 2 N–H and O–H groups in total. The molecule has 1 amide bonds. The Morgan fingerprint density at radius 1 is 1.28 bits per heavy atom. The van der Waals surface area contributed by atoms with Crippen molar-refractivity contribution >= 4 is 22.9 Å². The number of amides is 1. The number of hydrogen-bond donors (Lipinski definition) is 1. The van der Waals surface area contributed by atoms with Crippen LogP contribution in [-0.4, -0.2) is 38.9 Å². The first-order chi connectivity index (χ1) is 12.1. The van der Waals surface area contributed by atoms with Crippen LogP contribution >= 0.6 is 11.3 Å². The first kappa shape index (κ1) is 17.7. The number of anilines is 1. The second-order valence-electron chi connectivity index (χ2n) is 5.83. The van der Waals surface area contributed by atoms with Crippen LogP contribution in [0.15, 0.2) is 30.3 Å². The van der Waals surface area contributed by atoms with Gasteiger partial charge in [0, 0.05) is 28.6 Å². The molecule has 2 aromatic rings. The van der Waals surface area contributed by atoms with Crippen LogP contribution in [0.25, 0.3) is 0 Å². The number of methoxy groups -OCH3 is 1. The van der Waals surface area contributed by atoms with E-state index in [0.717, 1.165) is 10.6 Å². The lowest BCUT2D eigenvalue weighted by molar-refractivity contribution is -0.121. The first-order valence-electron chi connectivity index (χ1n) is 8.09. The summed E-state index contributed by atoms with van der Waals surface area (Å²) >= 11 is 1.66. The lowest BCUT2D eigenvalue weighted by atomic mass is 10.2. The molecule has 6 nitrogen and oxygen atoms in total. The maximum Gasteiger partial charge on any atom is 0.246 e. The maximum atomic E-state index is 12.9. The van der Waals surface area contributed by atoms with Crippen molar-refractivity contribution < 1.29 is 19.0 Å². The fraction of sp³-hybridized carbons (Fsp3) is 0.389. The third kappa shape index (κ3) is 4.12. The number of carbonyl (C=O) groups is 1. The summed E-state index contributed by atoms with van der Waals surface area (Å²) in [5.74, 6) is 1.14. The van der Waals surface area contributed by atoms with Gasteiger partial charge in [-0.05, 0) is 31.2 Å².